The molecule has 0 bridgehead atoms. The number of phosphoric acid groups is 2. The Bertz CT molecular complexity index is 1710. The van der Waals surface area contributed by atoms with Crippen LogP contribution in [0.15, 0.2) is 0 Å². The molecule has 19 heteroatoms. The summed E-state index contributed by atoms with van der Waals surface area (Å²) < 4.78 is 68.2. The summed E-state index contributed by atoms with van der Waals surface area (Å²) in [6, 6.07) is 0. The van der Waals surface area contributed by atoms with E-state index in [9.17, 15) is 43.2 Å². The third-order valence-corrected chi connectivity index (χ3v) is 18.3. The van der Waals surface area contributed by atoms with Crippen LogP contribution >= 0.6 is 15.6 Å². The molecule has 0 aliphatic heterocycles. The third-order valence-electron chi connectivity index (χ3n) is 16.4. The van der Waals surface area contributed by atoms with Crippen LogP contribution in [-0.2, 0) is 65.4 Å². The summed E-state index contributed by atoms with van der Waals surface area (Å²) in [4.78, 5) is 72.5. The fraction of sp³-hybridized carbons (Fsp3) is 0.943. The number of hydrogen-bond donors (Lipinski definition) is 3. The molecule has 0 amide bonds. The smallest absolute Gasteiger partial charge is 0.462 e. The quantitative estimate of drug-likeness (QED) is 0.0222. The van der Waals surface area contributed by atoms with E-state index in [1.807, 2.05) is 0 Å². The molecule has 5 atom stereocenters. The van der Waals surface area contributed by atoms with Crippen LogP contribution in [0.5, 0.6) is 0 Å². The average Bonchev–Trinajstić information content (AvgIpc) is 3.54. The lowest BCUT2D eigenvalue weighted by molar-refractivity contribution is -0.161. The maximum Gasteiger partial charge on any atom is 0.472 e. The van der Waals surface area contributed by atoms with Gasteiger partial charge in [-0.15, -0.1) is 0 Å². The number of phosphoric ester groups is 2. The Kier molecular flexibility index (Phi) is 63.3. The van der Waals surface area contributed by atoms with Crippen LogP contribution < -0.4 is 0 Å². The Labute approximate surface area is 543 Å². The van der Waals surface area contributed by atoms with Gasteiger partial charge in [0.25, 0.3) is 0 Å². The second-order valence-electron chi connectivity index (χ2n) is 25.3. The van der Waals surface area contributed by atoms with Gasteiger partial charge >= 0.3 is 39.5 Å². The number of hydrogen-bond acceptors (Lipinski definition) is 15. The molecule has 0 rings (SSSR count). The molecule has 3 N–H and O–H groups in total. The monoisotopic (exact) mass is 1310 g/mol. The highest BCUT2D eigenvalue weighted by Gasteiger charge is 2.30. The molecule has 0 aromatic carbocycles. The van der Waals surface area contributed by atoms with Gasteiger partial charge in [-0.25, -0.2) is 9.13 Å². The van der Waals surface area contributed by atoms with E-state index in [2.05, 4.69) is 27.7 Å². The number of ether oxygens (including phenoxy) is 4. The van der Waals surface area contributed by atoms with Crippen LogP contribution in [0.4, 0.5) is 0 Å². The van der Waals surface area contributed by atoms with Crippen molar-refractivity contribution in [3.05, 3.63) is 0 Å². The Balaban J connectivity index is 5.21. The van der Waals surface area contributed by atoms with Crippen molar-refractivity contribution < 1.29 is 80.2 Å². The first-order valence-corrected chi connectivity index (χ1v) is 39.8. The van der Waals surface area contributed by atoms with E-state index in [1.54, 1.807) is 0 Å². The maximum absolute atomic E-state index is 13.0. The van der Waals surface area contributed by atoms with Crippen LogP contribution in [0.2, 0.25) is 0 Å². The molecule has 0 fully saturated rings. The van der Waals surface area contributed by atoms with E-state index in [0.29, 0.717) is 25.7 Å². The molecule has 528 valence electrons. The summed E-state index contributed by atoms with van der Waals surface area (Å²) >= 11 is 0. The third kappa shape index (κ3) is 64.6. The number of aliphatic hydroxyl groups is 1. The minimum Gasteiger partial charge on any atom is -0.462 e. The van der Waals surface area contributed by atoms with Crippen molar-refractivity contribution in [1.82, 2.24) is 0 Å². The van der Waals surface area contributed by atoms with Crippen molar-refractivity contribution in [2.24, 2.45) is 0 Å². The van der Waals surface area contributed by atoms with Crippen molar-refractivity contribution >= 4 is 39.5 Å². The Hall–Kier alpha value is -1.94. The van der Waals surface area contributed by atoms with E-state index < -0.39 is 97.5 Å². The van der Waals surface area contributed by atoms with Crippen molar-refractivity contribution in [1.29, 1.82) is 0 Å². The fourth-order valence-electron chi connectivity index (χ4n) is 10.7. The first-order chi connectivity index (χ1) is 43.2. The lowest BCUT2D eigenvalue weighted by Gasteiger charge is -2.21. The van der Waals surface area contributed by atoms with E-state index in [1.165, 1.54) is 199 Å². The molecule has 17 nitrogen and oxygen atoms in total. The number of esters is 4. The first kappa shape index (κ1) is 87.1. The predicted molar refractivity (Wildman–Crippen MR) is 359 cm³/mol. The second-order valence-corrected chi connectivity index (χ2v) is 28.2. The van der Waals surface area contributed by atoms with Gasteiger partial charge in [-0.3, -0.25) is 37.3 Å². The van der Waals surface area contributed by atoms with Crippen molar-refractivity contribution in [2.75, 3.05) is 39.6 Å². The second kappa shape index (κ2) is 64.8. The molecule has 89 heavy (non-hydrogen) atoms. The van der Waals surface area contributed by atoms with Crippen molar-refractivity contribution in [2.45, 2.75) is 386 Å². The van der Waals surface area contributed by atoms with Crippen LogP contribution in [-0.4, -0.2) is 96.7 Å². The zero-order valence-electron chi connectivity index (χ0n) is 57.4. The topological polar surface area (TPSA) is 237 Å². The molecule has 0 saturated heterocycles. The van der Waals surface area contributed by atoms with Gasteiger partial charge in [-0.05, 0) is 25.7 Å². The standard InChI is InChI=1S/C70H136O17P2/c1-5-9-13-17-21-25-28-30-31-32-33-35-37-41-45-49-53-57-70(75)87-66(61-81-68(73)55-51-47-43-40-36-34-29-26-22-18-14-10-6-2)63-85-89(78,79)83-59-64(71)58-82-88(76,77)84-62-65(60-80-67(72)54-50-46-42-38-24-20-16-12-8-4)86-69(74)56-52-48-44-39-27-23-19-15-11-7-3/h64-66,71H,5-63H2,1-4H3,(H,76,77)(H,78,79)/t64-,65+,66+/m0/s1. The number of rotatable bonds is 71. The van der Waals surface area contributed by atoms with Gasteiger partial charge in [0.15, 0.2) is 12.2 Å². The van der Waals surface area contributed by atoms with Gasteiger partial charge in [0.1, 0.15) is 19.3 Å². The molecule has 0 aromatic heterocycles. The molecular formula is C70H136O17P2. The number of carbonyl (C=O) groups is 4. The first-order valence-electron chi connectivity index (χ1n) is 36.8. The molecule has 0 radical (unpaired) electrons. The van der Waals surface area contributed by atoms with Crippen LogP contribution in [0, 0.1) is 0 Å². The van der Waals surface area contributed by atoms with Crippen molar-refractivity contribution in [3.8, 4) is 0 Å². The fourth-order valence-corrected chi connectivity index (χ4v) is 12.3. The molecule has 0 aliphatic rings. The van der Waals surface area contributed by atoms with Gasteiger partial charge in [0, 0.05) is 25.7 Å². The molecule has 0 aliphatic carbocycles. The Morgan fingerprint density at radius 2 is 0.449 bits per heavy atom. The largest absolute Gasteiger partial charge is 0.472 e. The van der Waals surface area contributed by atoms with E-state index in [4.69, 9.17) is 37.0 Å². The highest BCUT2D eigenvalue weighted by Crippen LogP contribution is 2.45. The summed E-state index contributed by atoms with van der Waals surface area (Å²) in [6.45, 7) is 4.93. The zero-order valence-corrected chi connectivity index (χ0v) is 59.2. The molecule has 2 unspecified atom stereocenters. The zero-order chi connectivity index (χ0) is 65.4. The number of carbonyl (C=O) groups excluding carboxylic acids is 4. The van der Waals surface area contributed by atoms with E-state index in [-0.39, 0.29) is 25.7 Å². The predicted octanol–water partition coefficient (Wildman–Crippen LogP) is 20.3. The summed E-state index contributed by atoms with van der Waals surface area (Å²) in [5.41, 5.74) is 0. The average molecular weight is 1310 g/mol. The highest BCUT2D eigenvalue weighted by atomic mass is 31.2. The number of unbranched alkanes of at least 4 members (excludes halogenated alkanes) is 45. The number of aliphatic hydroxyl groups excluding tert-OH is 1. The van der Waals surface area contributed by atoms with Crippen molar-refractivity contribution in [3.63, 3.8) is 0 Å². The molecular weight excluding hydrogens is 1170 g/mol. The summed E-state index contributed by atoms with van der Waals surface area (Å²) in [7, 11) is -9.89. The summed E-state index contributed by atoms with van der Waals surface area (Å²) in [6.07, 6.45) is 52.6. The van der Waals surface area contributed by atoms with Crippen LogP contribution in [0.3, 0.4) is 0 Å². The van der Waals surface area contributed by atoms with Crippen LogP contribution in [0.1, 0.15) is 368 Å². The lowest BCUT2D eigenvalue weighted by atomic mass is 10.0. The molecule has 0 spiro atoms. The van der Waals surface area contributed by atoms with Crippen LogP contribution in [0.25, 0.3) is 0 Å². The minimum atomic E-state index is -4.95. The van der Waals surface area contributed by atoms with Gasteiger partial charge < -0.3 is 33.8 Å². The Morgan fingerprint density at radius 1 is 0.270 bits per heavy atom. The summed E-state index contributed by atoms with van der Waals surface area (Å²) in [5, 5.41) is 10.6. The molecule has 0 heterocycles. The van der Waals surface area contributed by atoms with E-state index >= 15 is 0 Å². The normalized spacial score (nSPS) is 14.0. The SMILES string of the molecule is CCCCCCCCCCCCCCCCCCCC(=O)O[C@H](COC(=O)CCCCCCCCCCCCCCC)COP(=O)(O)OC[C@@H](O)COP(=O)(O)OC[C@@H](COC(=O)CCCCCCCCCCC)OC(=O)CCCCCCCCCCCC. The minimum absolute atomic E-state index is 0.107. The van der Waals surface area contributed by atoms with E-state index in [0.717, 1.165) is 89.9 Å². The lowest BCUT2D eigenvalue weighted by Crippen LogP contribution is -2.30. The van der Waals surface area contributed by atoms with Gasteiger partial charge in [0.05, 0.1) is 26.4 Å². The Morgan fingerprint density at radius 3 is 0.663 bits per heavy atom. The molecule has 0 saturated carbocycles. The maximum atomic E-state index is 13.0. The van der Waals surface area contributed by atoms with Gasteiger partial charge in [-0.1, -0.05) is 317 Å². The van der Waals surface area contributed by atoms with Gasteiger partial charge in [-0.2, -0.15) is 0 Å². The highest BCUT2D eigenvalue weighted by molar-refractivity contribution is 7.47. The van der Waals surface area contributed by atoms with Gasteiger partial charge in [0.2, 0.25) is 0 Å². The summed E-state index contributed by atoms with van der Waals surface area (Å²) in [5.74, 6) is -2.12. The molecule has 0 aromatic rings.